The number of benzene rings is 1. The quantitative estimate of drug-likeness (QED) is 0.606. The van der Waals surface area contributed by atoms with E-state index in [0.29, 0.717) is 5.92 Å². The van der Waals surface area contributed by atoms with Crippen LogP contribution in [0.2, 0.25) is 0 Å². The summed E-state index contributed by atoms with van der Waals surface area (Å²) in [4.78, 5) is 0. The molecule has 1 aliphatic carbocycles. The summed E-state index contributed by atoms with van der Waals surface area (Å²) in [5, 5.41) is 3.83. The van der Waals surface area contributed by atoms with Gasteiger partial charge in [0.15, 0.2) is 5.76 Å². The molecule has 1 aliphatic rings. The minimum absolute atomic E-state index is 0.225. The molecule has 0 unspecified atom stereocenters. The topological polar surface area (TPSA) is 26.0 Å². The molecule has 0 amide bonds. The summed E-state index contributed by atoms with van der Waals surface area (Å²) in [7, 11) is 0. The molecule has 1 aromatic heterocycles. The van der Waals surface area contributed by atoms with E-state index in [1.165, 1.54) is 35.1 Å². The molecule has 2 aromatic rings. The third-order valence-corrected chi connectivity index (χ3v) is 5.95. The Hall–Kier alpha value is -1.83. The van der Waals surface area contributed by atoms with Crippen LogP contribution in [0.5, 0.6) is 0 Å². The first-order valence-electron chi connectivity index (χ1n) is 9.87. The van der Waals surface area contributed by atoms with Crippen LogP contribution < -0.4 is 0 Å². The van der Waals surface area contributed by atoms with Gasteiger partial charge in [-0.05, 0) is 76.8 Å². The molecule has 3 rings (SSSR count). The number of aromatic nitrogens is 1. The van der Waals surface area contributed by atoms with Gasteiger partial charge < -0.3 is 4.52 Å². The molecule has 1 heterocycles. The van der Waals surface area contributed by atoms with Crippen LogP contribution in [0, 0.1) is 5.92 Å². The van der Waals surface area contributed by atoms with E-state index in [1.807, 2.05) is 6.07 Å². The number of allylic oxidation sites excluding steroid dienone is 1. The first-order valence-corrected chi connectivity index (χ1v) is 9.87. The van der Waals surface area contributed by atoms with Crippen LogP contribution in [0.3, 0.4) is 0 Å². The largest absolute Gasteiger partial charge is 0.357 e. The van der Waals surface area contributed by atoms with Gasteiger partial charge in [-0.1, -0.05) is 58.8 Å². The van der Waals surface area contributed by atoms with Crippen molar-refractivity contribution in [1.29, 1.82) is 0 Å². The fourth-order valence-corrected chi connectivity index (χ4v) is 4.23. The molecular weight excluding hydrogens is 318 g/mol. The molecule has 1 aromatic carbocycles. The molecule has 26 heavy (non-hydrogen) atoms. The lowest BCUT2D eigenvalue weighted by Crippen LogP contribution is -2.34. The van der Waals surface area contributed by atoms with E-state index in [4.69, 9.17) is 4.52 Å². The van der Waals surface area contributed by atoms with Gasteiger partial charge in [-0.15, -0.1) is 0 Å². The Balaban J connectivity index is 2.20. The van der Waals surface area contributed by atoms with Crippen molar-refractivity contribution in [3.8, 4) is 0 Å². The SMILES string of the molecule is CC(=Cc1ccno1)c1cc2c(cc1CC(C)C)C(C)(C)CCC2(C)C. The molecule has 2 nitrogen and oxygen atoms in total. The fourth-order valence-electron chi connectivity index (χ4n) is 4.23. The Morgan fingerprint density at radius 1 is 1.12 bits per heavy atom. The maximum absolute atomic E-state index is 5.31. The highest BCUT2D eigenvalue weighted by molar-refractivity contribution is 5.81. The monoisotopic (exact) mass is 351 g/mol. The average molecular weight is 352 g/mol. The molecule has 0 atom stereocenters. The average Bonchev–Trinajstić information content (AvgIpc) is 3.04. The lowest BCUT2D eigenvalue weighted by Gasteiger charge is -2.42. The van der Waals surface area contributed by atoms with Gasteiger partial charge in [-0.25, -0.2) is 0 Å². The van der Waals surface area contributed by atoms with Crippen LogP contribution in [0.15, 0.2) is 28.9 Å². The van der Waals surface area contributed by atoms with Gasteiger partial charge in [0.2, 0.25) is 0 Å². The van der Waals surface area contributed by atoms with E-state index in [0.717, 1.165) is 12.2 Å². The molecule has 2 heteroatoms. The Labute approximate surface area is 158 Å². The highest BCUT2D eigenvalue weighted by Gasteiger charge is 2.37. The van der Waals surface area contributed by atoms with Crippen LogP contribution in [0.25, 0.3) is 11.6 Å². The first kappa shape index (κ1) is 18.9. The van der Waals surface area contributed by atoms with Crippen LogP contribution in [0.1, 0.15) is 89.3 Å². The summed E-state index contributed by atoms with van der Waals surface area (Å²) in [6, 6.07) is 6.89. The Morgan fingerprint density at radius 3 is 2.27 bits per heavy atom. The number of nitrogens with zero attached hydrogens (tertiary/aromatic N) is 1. The number of hydrogen-bond acceptors (Lipinski definition) is 2. The van der Waals surface area contributed by atoms with Gasteiger partial charge in [0.05, 0.1) is 6.20 Å². The molecule has 0 saturated heterocycles. The second-order valence-corrected chi connectivity index (χ2v) is 9.66. The molecule has 0 fully saturated rings. The van der Waals surface area contributed by atoms with Crippen molar-refractivity contribution < 1.29 is 4.52 Å². The highest BCUT2D eigenvalue weighted by atomic mass is 16.5. The van der Waals surface area contributed by atoms with Crippen molar-refractivity contribution in [1.82, 2.24) is 5.16 Å². The zero-order chi connectivity index (χ0) is 19.1. The van der Waals surface area contributed by atoms with Crippen molar-refractivity contribution in [2.75, 3.05) is 0 Å². The van der Waals surface area contributed by atoms with Crippen molar-refractivity contribution in [2.45, 2.75) is 78.6 Å². The van der Waals surface area contributed by atoms with Crippen LogP contribution >= 0.6 is 0 Å². The maximum Gasteiger partial charge on any atom is 0.159 e. The summed E-state index contributed by atoms with van der Waals surface area (Å²) in [5.41, 5.74) is 7.60. The number of fused-ring (bicyclic) bond motifs is 1. The van der Waals surface area contributed by atoms with Crippen molar-refractivity contribution in [3.63, 3.8) is 0 Å². The predicted molar refractivity (Wildman–Crippen MR) is 110 cm³/mol. The molecule has 0 saturated carbocycles. The smallest absolute Gasteiger partial charge is 0.159 e. The maximum atomic E-state index is 5.31. The van der Waals surface area contributed by atoms with E-state index < -0.39 is 0 Å². The second kappa shape index (κ2) is 6.72. The first-order chi connectivity index (χ1) is 12.1. The standard InChI is InChI=1S/C24H33NO/c1-16(2)12-18-14-21-22(24(6,7)10-9-23(21,4)5)15-20(18)17(3)13-19-8-11-25-26-19/h8,11,13-16H,9-10,12H2,1-7H3. The van der Waals surface area contributed by atoms with Crippen molar-refractivity contribution in [3.05, 3.63) is 52.4 Å². The van der Waals surface area contributed by atoms with E-state index in [1.54, 1.807) is 11.8 Å². The Kier molecular flexibility index (Phi) is 4.90. The highest BCUT2D eigenvalue weighted by Crippen LogP contribution is 2.47. The molecule has 0 radical (unpaired) electrons. The Bertz CT molecular complexity index is 807. The van der Waals surface area contributed by atoms with Crippen LogP contribution in [0.4, 0.5) is 0 Å². The van der Waals surface area contributed by atoms with E-state index >= 15 is 0 Å². The van der Waals surface area contributed by atoms with E-state index in [2.05, 4.69) is 71.8 Å². The second-order valence-electron chi connectivity index (χ2n) is 9.66. The summed E-state index contributed by atoms with van der Waals surface area (Å²) in [6.07, 6.45) is 7.40. The summed E-state index contributed by atoms with van der Waals surface area (Å²) in [6.45, 7) is 16.4. The van der Waals surface area contributed by atoms with Gasteiger partial charge in [0.1, 0.15) is 0 Å². The summed E-state index contributed by atoms with van der Waals surface area (Å²) in [5.74, 6) is 1.44. The van der Waals surface area contributed by atoms with Crippen LogP contribution in [-0.2, 0) is 17.3 Å². The lowest BCUT2D eigenvalue weighted by atomic mass is 9.62. The van der Waals surface area contributed by atoms with Gasteiger partial charge in [-0.2, -0.15) is 0 Å². The van der Waals surface area contributed by atoms with Crippen LogP contribution in [-0.4, -0.2) is 5.16 Å². The van der Waals surface area contributed by atoms with E-state index in [9.17, 15) is 0 Å². The van der Waals surface area contributed by atoms with Crippen molar-refractivity contribution in [2.24, 2.45) is 5.92 Å². The number of rotatable bonds is 4. The predicted octanol–water partition coefficient (Wildman–Crippen LogP) is 6.78. The van der Waals surface area contributed by atoms with Gasteiger partial charge in [0, 0.05) is 6.07 Å². The van der Waals surface area contributed by atoms with Gasteiger partial charge >= 0.3 is 0 Å². The molecule has 0 spiro atoms. The molecule has 0 N–H and O–H groups in total. The summed E-state index contributed by atoms with van der Waals surface area (Å²) < 4.78 is 5.31. The third kappa shape index (κ3) is 3.65. The minimum atomic E-state index is 0.225. The zero-order valence-electron chi connectivity index (χ0n) is 17.4. The third-order valence-electron chi connectivity index (χ3n) is 5.95. The normalized spacial score (nSPS) is 18.8. The zero-order valence-corrected chi connectivity index (χ0v) is 17.4. The molecular formula is C24H33NO. The lowest BCUT2D eigenvalue weighted by molar-refractivity contribution is 0.331. The van der Waals surface area contributed by atoms with Gasteiger partial charge in [-0.3, -0.25) is 0 Å². The molecule has 0 aliphatic heterocycles. The van der Waals surface area contributed by atoms with E-state index in [-0.39, 0.29) is 10.8 Å². The molecule has 140 valence electrons. The Morgan fingerprint density at radius 2 is 1.73 bits per heavy atom. The van der Waals surface area contributed by atoms with Crippen molar-refractivity contribution >= 4 is 11.6 Å². The fraction of sp³-hybridized carbons (Fsp3) is 0.542. The molecule has 0 bridgehead atoms. The summed E-state index contributed by atoms with van der Waals surface area (Å²) >= 11 is 0. The minimum Gasteiger partial charge on any atom is -0.357 e. The number of hydrogen-bond donors (Lipinski definition) is 0. The van der Waals surface area contributed by atoms with Gasteiger partial charge in [0.25, 0.3) is 0 Å².